The van der Waals surface area contributed by atoms with Crippen molar-refractivity contribution in [3.63, 3.8) is 0 Å². The van der Waals surface area contributed by atoms with Gasteiger partial charge in [0, 0.05) is 5.56 Å². The minimum Gasteiger partial charge on any atom is -0.347 e. The molecule has 1 aliphatic heterocycles. The number of hydrogen-bond acceptors (Lipinski definition) is 4. The van der Waals surface area contributed by atoms with Crippen molar-refractivity contribution in [2.24, 2.45) is 0 Å². The second-order valence-corrected chi connectivity index (χ2v) is 4.41. The van der Waals surface area contributed by atoms with Gasteiger partial charge in [0.25, 0.3) is 0 Å². The Hall–Kier alpha value is -2.24. The minimum absolute atomic E-state index is 0.00528. The molecule has 1 heterocycles. The first-order valence-electron chi connectivity index (χ1n) is 5.81. The summed E-state index contributed by atoms with van der Waals surface area (Å²) in [5.74, 6) is -1.96. The van der Waals surface area contributed by atoms with Gasteiger partial charge in [-0.25, -0.2) is 4.39 Å². The van der Waals surface area contributed by atoms with E-state index < -0.39 is 23.7 Å². The lowest BCUT2D eigenvalue weighted by molar-refractivity contribution is -0.132. The average molecular weight is 264 g/mol. The molecule has 1 N–H and O–H groups in total. The Labute approximate surface area is 109 Å². The van der Waals surface area contributed by atoms with Gasteiger partial charge in [-0.05, 0) is 26.0 Å². The summed E-state index contributed by atoms with van der Waals surface area (Å²) in [6, 6.07) is 3.38. The molecule has 0 bridgehead atoms. The van der Waals surface area contributed by atoms with Gasteiger partial charge in [-0.15, -0.1) is 0 Å². The Kier molecular flexibility index (Phi) is 3.33. The van der Waals surface area contributed by atoms with Crippen LogP contribution in [-0.2, 0) is 9.59 Å². The Morgan fingerprint density at radius 1 is 1.42 bits per heavy atom. The Morgan fingerprint density at radius 3 is 2.74 bits per heavy atom. The fraction of sp³-hybridized carbons (Fsp3) is 0.308. The molecule has 0 aromatic heterocycles. The number of carbonyl (C=O) groups excluding carboxylic acids is 3. The quantitative estimate of drug-likeness (QED) is 0.636. The number of para-hydroxylation sites is 1. The number of hydrogen-bond donors (Lipinski definition) is 1. The van der Waals surface area contributed by atoms with Crippen LogP contribution in [0.1, 0.15) is 24.2 Å². The summed E-state index contributed by atoms with van der Waals surface area (Å²) < 4.78 is 14.0. The van der Waals surface area contributed by atoms with Gasteiger partial charge in [-0.1, -0.05) is 6.07 Å². The normalized spacial score (nSPS) is 19.3. The topological polar surface area (TPSA) is 66.5 Å². The van der Waals surface area contributed by atoms with Crippen LogP contribution in [0, 0.1) is 5.82 Å². The largest absolute Gasteiger partial charge is 0.347 e. The number of ketones is 1. The number of imide groups is 1. The smallest absolute Gasteiger partial charge is 0.249 e. The van der Waals surface area contributed by atoms with Crippen LogP contribution in [0.3, 0.4) is 0 Å². The molecule has 1 fully saturated rings. The summed E-state index contributed by atoms with van der Waals surface area (Å²) in [5.41, 5.74) is 0.167. The zero-order valence-electron chi connectivity index (χ0n) is 10.6. The molecule has 0 saturated carbocycles. The number of nitrogens with zero attached hydrogens (tertiary/aromatic N) is 1. The molecule has 19 heavy (non-hydrogen) atoms. The first-order valence-corrected chi connectivity index (χ1v) is 5.81. The summed E-state index contributed by atoms with van der Waals surface area (Å²) in [6.45, 7) is 2.71. The second-order valence-electron chi connectivity index (χ2n) is 4.41. The highest BCUT2D eigenvalue weighted by Gasteiger charge is 2.33. The van der Waals surface area contributed by atoms with Crippen molar-refractivity contribution in [1.29, 1.82) is 0 Å². The van der Waals surface area contributed by atoms with Gasteiger partial charge in [0.15, 0.2) is 5.78 Å². The molecular weight excluding hydrogens is 251 g/mol. The van der Waals surface area contributed by atoms with Gasteiger partial charge >= 0.3 is 0 Å². The van der Waals surface area contributed by atoms with Crippen molar-refractivity contribution in [3.05, 3.63) is 29.6 Å². The average Bonchev–Trinajstić information content (AvgIpc) is 2.33. The highest BCUT2D eigenvalue weighted by molar-refractivity contribution is 6.07. The Morgan fingerprint density at radius 2 is 2.11 bits per heavy atom. The summed E-state index contributed by atoms with van der Waals surface area (Å²) in [5, 5.41) is 2.17. The highest BCUT2D eigenvalue weighted by atomic mass is 19.1. The van der Waals surface area contributed by atoms with E-state index in [1.807, 2.05) is 0 Å². The molecule has 1 saturated heterocycles. The van der Waals surface area contributed by atoms with E-state index in [4.69, 9.17) is 0 Å². The van der Waals surface area contributed by atoms with E-state index in [1.165, 1.54) is 30.0 Å². The number of halogens is 1. The van der Waals surface area contributed by atoms with Gasteiger partial charge in [-0.2, -0.15) is 0 Å². The number of carbonyl (C=O) groups is 3. The molecule has 0 spiro atoms. The fourth-order valence-corrected chi connectivity index (χ4v) is 2.08. The lowest BCUT2D eigenvalue weighted by Gasteiger charge is -2.34. The summed E-state index contributed by atoms with van der Waals surface area (Å²) in [7, 11) is 0. The molecule has 0 radical (unpaired) electrons. The third kappa shape index (κ3) is 2.33. The third-order valence-electron chi connectivity index (χ3n) is 3.08. The maximum atomic E-state index is 14.0. The van der Waals surface area contributed by atoms with E-state index in [-0.39, 0.29) is 23.6 Å². The van der Waals surface area contributed by atoms with Crippen molar-refractivity contribution in [2.45, 2.75) is 19.9 Å². The zero-order valence-corrected chi connectivity index (χ0v) is 10.6. The monoisotopic (exact) mass is 264 g/mol. The number of benzene rings is 1. The number of anilines is 1. The fourth-order valence-electron chi connectivity index (χ4n) is 2.08. The van der Waals surface area contributed by atoms with Gasteiger partial charge in [0.2, 0.25) is 11.8 Å². The molecule has 100 valence electrons. The Balaban J connectivity index is 2.54. The first kappa shape index (κ1) is 13.2. The third-order valence-corrected chi connectivity index (χ3v) is 3.08. The number of piperazine rings is 1. The molecule has 1 aromatic carbocycles. The van der Waals surface area contributed by atoms with Crippen LogP contribution in [0.25, 0.3) is 0 Å². The van der Waals surface area contributed by atoms with Crippen LogP contribution in [0.2, 0.25) is 0 Å². The lowest BCUT2D eigenvalue weighted by atomic mass is 10.0. The van der Waals surface area contributed by atoms with Crippen molar-refractivity contribution < 1.29 is 18.8 Å². The van der Waals surface area contributed by atoms with Crippen molar-refractivity contribution >= 4 is 23.3 Å². The molecule has 1 unspecified atom stereocenters. The van der Waals surface area contributed by atoms with Crippen molar-refractivity contribution in [3.8, 4) is 0 Å². The highest BCUT2D eigenvalue weighted by Crippen LogP contribution is 2.27. The summed E-state index contributed by atoms with van der Waals surface area (Å²) in [6.07, 6.45) is 0. The van der Waals surface area contributed by atoms with E-state index in [2.05, 4.69) is 5.32 Å². The van der Waals surface area contributed by atoms with Crippen LogP contribution in [0.5, 0.6) is 0 Å². The standard InChI is InChI=1S/C13H13FN2O3/c1-7-13(19)15-11(18)6-16(7)12-9(8(2)17)4-3-5-10(12)14/h3-5,7H,6H2,1-2H3,(H,15,18,19). The summed E-state index contributed by atoms with van der Waals surface area (Å²) >= 11 is 0. The van der Waals surface area contributed by atoms with Crippen LogP contribution in [0.15, 0.2) is 18.2 Å². The van der Waals surface area contributed by atoms with Crippen LogP contribution in [-0.4, -0.2) is 30.2 Å². The number of rotatable bonds is 2. The molecule has 2 amide bonds. The van der Waals surface area contributed by atoms with E-state index in [0.29, 0.717) is 0 Å². The van der Waals surface area contributed by atoms with E-state index in [1.54, 1.807) is 6.92 Å². The van der Waals surface area contributed by atoms with E-state index >= 15 is 0 Å². The van der Waals surface area contributed by atoms with Crippen molar-refractivity contribution in [2.75, 3.05) is 11.4 Å². The maximum absolute atomic E-state index is 14.0. The van der Waals surface area contributed by atoms with Crippen LogP contribution in [0.4, 0.5) is 10.1 Å². The van der Waals surface area contributed by atoms with Crippen LogP contribution >= 0.6 is 0 Å². The molecule has 5 nitrogen and oxygen atoms in total. The molecular formula is C13H13FN2O3. The predicted molar refractivity (Wildman–Crippen MR) is 66.4 cm³/mol. The summed E-state index contributed by atoms with van der Waals surface area (Å²) in [4.78, 5) is 35.9. The molecule has 1 atom stereocenters. The van der Waals surface area contributed by atoms with Crippen molar-refractivity contribution in [1.82, 2.24) is 5.32 Å². The Bertz CT molecular complexity index is 571. The lowest BCUT2D eigenvalue weighted by Crippen LogP contribution is -2.57. The predicted octanol–water partition coefficient (Wildman–Crippen LogP) is 0.880. The van der Waals surface area contributed by atoms with E-state index in [9.17, 15) is 18.8 Å². The van der Waals surface area contributed by atoms with Gasteiger partial charge in [-0.3, -0.25) is 19.7 Å². The first-order chi connectivity index (χ1) is 8.91. The van der Waals surface area contributed by atoms with Gasteiger partial charge < -0.3 is 4.90 Å². The second kappa shape index (κ2) is 4.79. The minimum atomic E-state index is -0.715. The zero-order chi connectivity index (χ0) is 14.2. The molecule has 6 heteroatoms. The maximum Gasteiger partial charge on any atom is 0.249 e. The van der Waals surface area contributed by atoms with E-state index in [0.717, 1.165) is 0 Å². The molecule has 1 aromatic rings. The number of Topliss-reactive ketones (excluding diaryl/α,β-unsaturated/α-hetero) is 1. The van der Waals surface area contributed by atoms with Gasteiger partial charge in [0.05, 0.1) is 12.2 Å². The molecule has 1 aliphatic rings. The molecule has 0 aliphatic carbocycles. The van der Waals surface area contributed by atoms with Crippen LogP contribution < -0.4 is 10.2 Å². The number of amides is 2. The molecule has 2 rings (SSSR count). The SMILES string of the molecule is CC(=O)c1cccc(F)c1N1CC(=O)NC(=O)C1C. The number of nitrogens with one attached hydrogen (secondary N) is 1. The van der Waals surface area contributed by atoms with Gasteiger partial charge in [0.1, 0.15) is 11.9 Å².